The highest BCUT2D eigenvalue weighted by atomic mass is 79.9. The largest absolute Gasteiger partial charge is 0.497 e. The van der Waals surface area contributed by atoms with Gasteiger partial charge in [0, 0.05) is 16.2 Å². The summed E-state index contributed by atoms with van der Waals surface area (Å²) >= 11 is 3.47. The molecule has 0 saturated heterocycles. The van der Waals surface area contributed by atoms with Crippen molar-refractivity contribution in [1.29, 1.82) is 0 Å². The van der Waals surface area contributed by atoms with Crippen LogP contribution < -0.4 is 14.8 Å². The molecule has 0 saturated carbocycles. The van der Waals surface area contributed by atoms with Crippen LogP contribution >= 0.6 is 15.9 Å². The van der Waals surface area contributed by atoms with Gasteiger partial charge < -0.3 is 19.5 Å². The van der Waals surface area contributed by atoms with Crippen LogP contribution in [0.2, 0.25) is 0 Å². The average Bonchev–Trinajstić information content (AvgIpc) is 3.21. The Morgan fingerprint density at radius 1 is 1.00 bits per heavy atom. The second kappa shape index (κ2) is 10.4. The zero-order valence-corrected chi connectivity index (χ0v) is 20.2. The predicted molar refractivity (Wildman–Crippen MR) is 131 cm³/mol. The Bertz CT molecular complexity index is 1320. The van der Waals surface area contributed by atoms with E-state index in [0.29, 0.717) is 40.8 Å². The third kappa shape index (κ3) is 5.20. The van der Waals surface area contributed by atoms with Gasteiger partial charge in [-0.25, -0.2) is 9.78 Å². The zero-order valence-electron chi connectivity index (χ0n) is 18.6. The van der Waals surface area contributed by atoms with Gasteiger partial charge in [-0.05, 0) is 83.5 Å². The number of carbonyl (C=O) groups is 2. The van der Waals surface area contributed by atoms with Crippen LogP contribution in [0.1, 0.15) is 17.3 Å². The van der Waals surface area contributed by atoms with E-state index in [-0.39, 0.29) is 12.5 Å². The lowest BCUT2D eigenvalue weighted by Crippen LogP contribution is -2.17. The molecule has 0 aliphatic heterocycles. The van der Waals surface area contributed by atoms with Crippen LogP contribution in [0, 0.1) is 0 Å². The molecule has 2 aromatic heterocycles. The highest BCUT2D eigenvalue weighted by molar-refractivity contribution is 9.10. The van der Waals surface area contributed by atoms with Crippen LogP contribution in [-0.2, 0) is 9.53 Å². The van der Waals surface area contributed by atoms with Gasteiger partial charge in [0.15, 0.2) is 0 Å². The van der Waals surface area contributed by atoms with E-state index in [0.717, 1.165) is 10.0 Å². The molecule has 2 heterocycles. The number of anilines is 1. The summed E-state index contributed by atoms with van der Waals surface area (Å²) in [7, 11) is 1.56. The van der Waals surface area contributed by atoms with Crippen molar-refractivity contribution < 1.29 is 23.8 Å². The number of methoxy groups -OCH3 is 1. The van der Waals surface area contributed by atoms with E-state index in [9.17, 15) is 9.59 Å². The number of pyridine rings is 1. The Morgan fingerprint density at radius 3 is 2.38 bits per heavy atom. The maximum absolute atomic E-state index is 12.4. The smallest absolute Gasteiger partial charge is 0.343 e. The number of carbonyl (C=O) groups excluding carboxylic acids is 2. The molecule has 4 aromatic rings. The number of rotatable bonds is 8. The summed E-state index contributed by atoms with van der Waals surface area (Å²) in [5.41, 5.74) is 2.56. The lowest BCUT2D eigenvalue weighted by atomic mass is 10.1. The first-order chi connectivity index (χ1) is 16.5. The van der Waals surface area contributed by atoms with Gasteiger partial charge >= 0.3 is 11.9 Å². The van der Waals surface area contributed by atoms with Crippen molar-refractivity contribution in [3.8, 4) is 22.8 Å². The Morgan fingerprint density at radius 2 is 1.71 bits per heavy atom. The quantitative estimate of drug-likeness (QED) is 0.257. The van der Waals surface area contributed by atoms with Crippen LogP contribution in [0.4, 0.5) is 5.82 Å². The molecule has 2 aromatic carbocycles. The van der Waals surface area contributed by atoms with Crippen molar-refractivity contribution >= 4 is 39.3 Å². The number of benzene rings is 2. The normalized spacial score (nSPS) is 10.7. The minimum atomic E-state index is -0.468. The van der Waals surface area contributed by atoms with Crippen molar-refractivity contribution in [3.63, 3.8) is 0 Å². The molecule has 8 nitrogen and oxygen atoms in total. The number of fused-ring (bicyclic) bond motifs is 1. The van der Waals surface area contributed by atoms with Crippen molar-refractivity contribution in [1.82, 2.24) is 9.38 Å². The molecule has 0 radical (unpaired) electrons. The van der Waals surface area contributed by atoms with Crippen LogP contribution in [0.3, 0.4) is 0 Å². The first kappa shape index (κ1) is 23.3. The van der Waals surface area contributed by atoms with Gasteiger partial charge in [-0.2, -0.15) is 0 Å². The Kier molecular flexibility index (Phi) is 7.12. The first-order valence-electron chi connectivity index (χ1n) is 10.5. The van der Waals surface area contributed by atoms with Gasteiger partial charge in [0.25, 0.3) is 0 Å². The zero-order chi connectivity index (χ0) is 24.1. The average molecular weight is 524 g/mol. The summed E-state index contributed by atoms with van der Waals surface area (Å²) < 4.78 is 18.3. The van der Waals surface area contributed by atoms with Crippen molar-refractivity contribution in [2.75, 3.05) is 25.6 Å². The van der Waals surface area contributed by atoms with E-state index in [1.807, 2.05) is 34.9 Å². The SMILES string of the molecule is CCOC(=O)CNc1c(-c2ccc(OC(=O)c3ccc(OC)cc3)cc2)nc2ccc(Br)cn12. The highest BCUT2D eigenvalue weighted by Crippen LogP contribution is 2.31. The number of hydrogen-bond acceptors (Lipinski definition) is 7. The van der Waals surface area contributed by atoms with Crippen LogP contribution in [0.25, 0.3) is 16.9 Å². The third-order valence-electron chi connectivity index (χ3n) is 4.95. The molecule has 1 N–H and O–H groups in total. The Balaban J connectivity index is 1.58. The molecule has 0 bridgehead atoms. The lowest BCUT2D eigenvalue weighted by Gasteiger charge is -2.09. The van der Waals surface area contributed by atoms with E-state index in [1.54, 1.807) is 50.4 Å². The standard InChI is InChI=1S/C25H22BrN3O5/c1-3-33-22(30)14-27-24-23(28-21-13-8-18(26)15-29(21)24)16-4-11-20(12-5-16)34-25(31)17-6-9-19(32-2)10-7-17/h4-13,15,27H,3,14H2,1-2H3. The third-order valence-corrected chi connectivity index (χ3v) is 5.42. The maximum Gasteiger partial charge on any atom is 0.343 e. The van der Waals surface area contributed by atoms with Crippen molar-refractivity contribution in [3.05, 3.63) is 76.9 Å². The molecular formula is C25H22BrN3O5. The Labute approximate surface area is 204 Å². The van der Waals surface area contributed by atoms with Crippen LogP contribution in [0.5, 0.6) is 11.5 Å². The molecule has 9 heteroatoms. The molecule has 174 valence electrons. The number of halogens is 1. The van der Waals surface area contributed by atoms with Gasteiger partial charge in [0.05, 0.1) is 19.3 Å². The first-order valence-corrected chi connectivity index (χ1v) is 11.3. The van der Waals surface area contributed by atoms with Crippen molar-refractivity contribution in [2.24, 2.45) is 0 Å². The summed E-state index contributed by atoms with van der Waals surface area (Å²) in [6, 6.07) is 17.5. The minimum absolute atomic E-state index is 0.00129. The summed E-state index contributed by atoms with van der Waals surface area (Å²) in [6.07, 6.45) is 1.87. The van der Waals surface area contributed by atoms with Gasteiger partial charge in [0.2, 0.25) is 0 Å². The van der Waals surface area contributed by atoms with Gasteiger partial charge in [-0.15, -0.1) is 0 Å². The maximum atomic E-state index is 12.4. The molecule has 0 aliphatic carbocycles. The number of ether oxygens (including phenoxy) is 3. The summed E-state index contributed by atoms with van der Waals surface area (Å²) in [5, 5.41) is 3.13. The number of nitrogens with zero attached hydrogens (tertiary/aromatic N) is 2. The molecule has 0 aliphatic rings. The number of hydrogen-bond donors (Lipinski definition) is 1. The second-order valence-corrected chi connectivity index (χ2v) is 8.10. The van der Waals surface area contributed by atoms with Crippen LogP contribution in [-0.4, -0.2) is 41.6 Å². The number of nitrogens with one attached hydrogen (secondary N) is 1. The summed E-state index contributed by atoms with van der Waals surface area (Å²) in [5.74, 6) is 0.876. The number of imidazole rings is 1. The molecule has 0 spiro atoms. The van der Waals surface area contributed by atoms with Gasteiger partial charge in [0.1, 0.15) is 35.2 Å². The van der Waals surface area contributed by atoms with Crippen molar-refractivity contribution in [2.45, 2.75) is 6.92 Å². The fraction of sp³-hybridized carbons (Fsp3) is 0.160. The minimum Gasteiger partial charge on any atom is -0.497 e. The fourth-order valence-electron chi connectivity index (χ4n) is 3.33. The molecule has 0 amide bonds. The summed E-state index contributed by atoms with van der Waals surface area (Å²) in [6.45, 7) is 2.07. The molecule has 0 atom stereocenters. The molecule has 4 rings (SSSR count). The highest BCUT2D eigenvalue weighted by Gasteiger charge is 2.16. The van der Waals surface area contributed by atoms with E-state index < -0.39 is 5.97 Å². The number of aromatic nitrogens is 2. The predicted octanol–water partition coefficient (Wildman–Crippen LogP) is 4.97. The fourth-order valence-corrected chi connectivity index (χ4v) is 3.67. The topological polar surface area (TPSA) is 91.2 Å². The van der Waals surface area contributed by atoms with Crippen LogP contribution in [0.15, 0.2) is 71.3 Å². The number of esters is 2. The molecule has 0 fully saturated rings. The van der Waals surface area contributed by atoms with Gasteiger partial charge in [-0.1, -0.05) is 0 Å². The second-order valence-electron chi connectivity index (χ2n) is 7.19. The Hall–Kier alpha value is -3.85. The van der Waals surface area contributed by atoms with Gasteiger partial charge in [-0.3, -0.25) is 9.20 Å². The molecule has 34 heavy (non-hydrogen) atoms. The summed E-state index contributed by atoms with van der Waals surface area (Å²) in [4.78, 5) is 29.1. The lowest BCUT2D eigenvalue weighted by molar-refractivity contribution is -0.140. The van der Waals surface area contributed by atoms with E-state index in [1.165, 1.54) is 0 Å². The van der Waals surface area contributed by atoms with E-state index in [2.05, 4.69) is 21.2 Å². The van der Waals surface area contributed by atoms with E-state index >= 15 is 0 Å². The molecular weight excluding hydrogens is 502 g/mol. The molecule has 0 unspecified atom stereocenters. The van der Waals surface area contributed by atoms with E-state index in [4.69, 9.17) is 19.2 Å². The monoisotopic (exact) mass is 523 g/mol.